The van der Waals surface area contributed by atoms with Crippen molar-refractivity contribution in [3.8, 4) is 0 Å². The van der Waals surface area contributed by atoms with Crippen LogP contribution in [0, 0.1) is 17.3 Å². The zero-order valence-corrected chi connectivity index (χ0v) is 7.47. The summed E-state index contributed by atoms with van der Waals surface area (Å²) in [6.45, 7) is 7.10. The fraction of sp³-hybridized carbons (Fsp3) is 0.778. The number of hydrogen-bond donors (Lipinski definition) is 0. The minimum Gasteiger partial charge on any atom is -0.299 e. The molecule has 0 radical (unpaired) electrons. The molecule has 1 fully saturated rings. The third-order valence-electron chi connectivity index (χ3n) is 3.32. The third kappa shape index (κ3) is 0.784. The zero-order chi connectivity index (χ0) is 8.81. The second-order valence-electron chi connectivity index (χ2n) is 3.70. The molecule has 0 saturated heterocycles. The molecule has 1 aliphatic carbocycles. The largest absolute Gasteiger partial charge is 0.299 e. The number of carbonyl (C=O) groups is 2. The molecule has 0 N–H and O–H groups in total. The lowest BCUT2D eigenvalue weighted by molar-refractivity contribution is -0.160. The van der Waals surface area contributed by atoms with Crippen LogP contribution in [0.2, 0.25) is 0 Å². The van der Waals surface area contributed by atoms with Gasteiger partial charge in [-0.15, -0.1) is 0 Å². The highest BCUT2D eigenvalue weighted by Crippen LogP contribution is 2.47. The van der Waals surface area contributed by atoms with Crippen molar-refractivity contribution in [1.82, 2.24) is 0 Å². The first kappa shape index (κ1) is 8.44. The van der Waals surface area contributed by atoms with E-state index >= 15 is 0 Å². The molecule has 0 unspecified atom stereocenters. The van der Waals surface area contributed by atoms with Crippen LogP contribution in [0.1, 0.15) is 27.7 Å². The van der Waals surface area contributed by atoms with Crippen molar-refractivity contribution in [2.45, 2.75) is 27.7 Å². The molecule has 0 spiro atoms. The van der Waals surface area contributed by atoms with Gasteiger partial charge in [0.05, 0.1) is 5.41 Å². The van der Waals surface area contributed by atoms with E-state index in [1.54, 1.807) is 6.92 Å². The number of ketones is 2. The Hall–Kier alpha value is -0.660. The van der Waals surface area contributed by atoms with E-state index in [4.69, 9.17) is 0 Å². The first-order chi connectivity index (χ1) is 4.92. The van der Waals surface area contributed by atoms with Gasteiger partial charge < -0.3 is 0 Å². The average Bonchev–Trinajstić information content (AvgIpc) is 1.99. The van der Waals surface area contributed by atoms with Gasteiger partial charge in [0.2, 0.25) is 0 Å². The molecular formula is C9H14O2. The Balaban J connectivity index is 2.91. The summed E-state index contributed by atoms with van der Waals surface area (Å²) < 4.78 is 0. The molecule has 0 aliphatic heterocycles. The lowest BCUT2D eigenvalue weighted by Crippen LogP contribution is -2.57. The fourth-order valence-electron chi connectivity index (χ4n) is 1.82. The minimum absolute atomic E-state index is 0.00750. The highest BCUT2D eigenvalue weighted by Gasteiger charge is 2.57. The van der Waals surface area contributed by atoms with Crippen molar-refractivity contribution < 1.29 is 9.59 Å². The van der Waals surface area contributed by atoms with Crippen LogP contribution in [0.4, 0.5) is 0 Å². The van der Waals surface area contributed by atoms with Crippen LogP contribution in [0.3, 0.4) is 0 Å². The standard InChI is InChI=1S/C9H14O2/c1-5-6(2)9(4,7(3)10)8(5)11/h5-6H,1-4H3/t5-,6+,9-/m1/s1. The Bertz CT molecular complexity index is 220. The normalized spacial score (nSPS) is 43.5. The fourth-order valence-corrected chi connectivity index (χ4v) is 1.82. The molecule has 0 aromatic carbocycles. The van der Waals surface area contributed by atoms with Crippen molar-refractivity contribution in [2.75, 3.05) is 0 Å². The second kappa shape index (κ2) is 2.16. The number of hydrogen-bond acceptors (Lipinski definition) is 2. The smallest absolute Gasteiger partial charge is 0.149 e. The Morgan fingerprint density at radius 3 is 2.09 bits per heavy atom. The lowest BCUT2D eigenvalue weighted by Gasteiger charge is -2.46. The Morgan fingerprint density at radius 2 is 1.91 bits per heavy atom. The van der Waals surface area contributed by atoms with E-state index in [-0.39, 0.29) is 23.4 Å². The Kier molecular flexibility index (Phi) is 1.66. The molecule has 1 saturated carbocycles. The van der Waals surface area contributed by atoms with E-state index in [9.17, 15) is 9.59 Å². The average molecular weight is 154 g/mol. The second-order valence-corrected chi connectivity index (χ2v) is 3.70. The molecule has 62 valence electrons. The summed E-state index contributed by atoms with van der Waals surface area (Å²) in [7, 11) is 0. The zero-order valence-electron chi connectivity index (χ0n) is 7.47. The van der Waals surface area contributed by atoms with Crippen LogP contribution >= 0.6 is 0 Å². The van der Waals surface area contributed by atoms with Crippen molar-refractivity contribution in [3.63, 3.8) is 0 Å². The molecule has 2 heteroatoms. The van der Waals surface area contributed by atoms with Gasteiger partial charge in [-0.3, -0.25) is 9.59 Å². The molecule has 11 heavy (non-hydrogen) atoms. The third-order valence-corrected chi connectivity index (χ3v) is 3.32. The van der Waals surface area contributed by atoms with Gasteiger partial charge in [0.25, 0.3) is 0 Å². The summed E-state index contributed by atoms with van der Waals surface area (Å²) in [4.78, 5) is 22.4. The molecule has 1 aliphatic rings. The highest BCUT2D eigenvalue weighted by molar-refractivity contribution is 6.11. The monoisotopic (exact) mass is 154 g/mol. The maximum atomic E-state index is 11.3. The summed E-state index contributed by atoms with van der Waals surface area (Å²) in [5.41, 5.74) is -0.667. The topological polar surface area (TPSA) is 34.1 Å². The summed E-state index contributed by atoms with van der Waals surface area (Å²) in [6, 6.07) is 0. The van der Waals surface area contributed by atoms with Crippen LogP contribution in [0.5, 0.6) is 0 Å². The molecule has 1 rings (SSSR count). The SMILES string of the molecule is CC(=O)[C@]1(C)C(=O)[C@H](C)[C@@H]1C. The Labute approximate surface area is 67.0 Å². The minimum atomic E-state index is -0.667. The predicted octanol–water partition coefficient (Wildman–Crippen LogP) is 1.44. The number of rotatable bonds is 1. The van der Waals surface area contributed by atoms with Gasteiger partial charge in [0.15, 0.2) is 0 Å². The van der Waals surface area contributed by atoms with Crippen molar-refractivity contribution in [1.29, 1.82) is 0 Å². The molecular weight excluding hydrogens is 140 g/mol. The molecule has 0 bridgehead atoms. The van der Waals surface area contributed by atoms with E-state index in [0.29, 0.717) is 0 Å². The van der Waals surface area contributed by atoms with E-state index in [1.807, 2.05) is 13.8 Å². The highest BCUT2D eigenvalue weighted by atomic mass is 16.2. The van der Waals surface area contributed by atoms with Crippen LogP contribution in [-0.4, -0.2) is 11.6 Å². The number of carbonyl (C=O) groups excluding carboxylic acids is 2. The van der Waals surface area contributed by atoms with Gasteiger partial charge >= 0.3 is 0 Å². The molecule has 0 amide bonds. The molecule has 0 aromatic rings. The van der Waals surface area contributed by atoms with Crippen LogP contribution in [-0.2, 0) is 9.59 Å². The van der Waals surface area contributed by atoms with Gasteiger partial charge in [-0.1, -0.05) is 13.8 Å². The maximum absolute atomic E-state index is 11.3. The molecule has 0 aromatic heterocycles. The lowest BCUT2D eigenvalue weighted by atomic mass is 9.53. The van der Waals surface area contributed by atoms with Crippen LogP contribution < -0.4 is 0 Å². The van der Waals surface area contributed by atoms with Crippen LogP contribution in [0.25, 0.3) is 0 Å². The van der Waals surface area contributed by atoms with Gasteiger partial charge in [0, 0.05) is 5.92 Å². The van der Waals surface area contributed by atoms with E-state index < -0.39 is 5.41 Å². The van der Waals surface area contributed by atoms with E-state index in [1.165, 1.54) is 6.92 Å². The molecule has 2 nitrogen and oxygen atoms in total. The van der Waals surface area contributed by atoms with Gasteiger partial charge in [-0.2, -0.15) is 0 Å². The number of Topliss-reactive ketones (excluding diaryl/α,β-unsaturated/α-hetero) is 2. The summed E-state index contributed by atoms with van der Waals surface area (Å²) in [6.07, 6.45) is 0. The van der Waals surface area contributed by atoms with Crippen molar-refractivity contribution in [2.24, 2.45) is 17.3 Å². The van der Waals surface area contributed by atoms with Crippen molar-refractivity contribution in [3.05, 3.63) is 0 Å². The van der Waals surface area contributed by atoms with E-state index in [0.717, 1.165) is 0 Å². The van der Waals surface area contributed by atoms with Gasteiger partial charge in [0.1, 0.15) is 11.6 Å². The Morgan fingerprint density at radius 1 is 1.45 bits per heavy atom. The quantitative estimate of drug-likeness (QED) is 0.535. The van der Waals surface area contributed by atoms with Gasteiger partial charge in [-0.05, 0) is 19.8 Å². The molecule has 0 heterocycles. The van der Waals surface area contributed by atoms with Crippen LogP contribution in [0.15, 0.2) is 0 Å². The summed E-state index contributed by atoms with van der Waals surface area (Å²) in [5, 5.41) is 0. The first-order valence-electron chi connectivity index (χ1n) is 3.97. The predicted molar refractivity (Wildman–Crippen MR) is 42.1 cm³/mol. The first-order valence-corrected chi connectivity index (χ1v) is 3.97. The summed E-state index contributed by atoms with van der Waals surface area (Å²) in [5.74, 6) is 0.405. The van der Waals surface area contributed by atoms with E-state index in [2.05, 4.69) is 0 Å². The summed E-state index contributed by atoms with van der Waals surface area (Å²) >= 11 is 0. The van der Waals surface area contributed by atoms with Gasteiger partial charge in [-0.25, -0.2) is 0 Å². The van der Waals surface area contributed by atoms with Crippen molar-refractivity contribution >= 4 is 11.6 Å². The molecule has 3 atom stereocenters. The maximum Gasteiger partial charge on any atom is 0.149 e.